The second-order valence-electron chi connectivity index (χ2n) is 10.3. The van der Waals surface area contributed by atoms with Crippen LogP contribution in [0.2, 0.25) is 0 Å². The molecule has 1 aliphatic rings. The zero-order valence-corrected chi connectivity index (χ0v) is 23.0. The van der Waals surface area contributed by atoms with Crippen molar-refractivity contribution in [2.24, 2.45) is 0 Å². The van der Waals surface area contributed by atoms with E-state index in [2.05, 4.69) is 115 Å². The fourth-order valence-corrected chi connectivity index (χ4v) is 6.79. The van der Waals surface area contributed by atoms with Crippen LogP contribution in [0.5, 0.6) is 0 Å². The maximum atomic E-state index is 5.12. The quantitative estimate of drug-likeness (QED) is 0.240. The number of hydrogen-bond acceptors (Lipinski definition) is 4. The van der Waals surface area contributed by atoms with E-state index in [1.807, 2.05) is 42.1 Å². The molecule has 0 bridgehead atoms. The van der Waals surface area contributed by atoms with Crippen LogP contribution in [-0.4, -0.2) is 9.97 Å². The Bertz CT molecular complexity index is 2060. The molecular weight excluding hydrogens is 518 g/mol. The van der Waals surface area contributed by atoms with Gasteiger partial charge in [0, 0.05) is 21.4 Å². The molecular formula is C37H25N3S. The number of benzene rings is 6. The number of fused-ring (bicyclic) bond motifs is 4. The largest absolute Gasteiger partial charge is 0.368 e. The molecule has 1 aromatic heterocycles. The lowest BCUT2D eigenvalue weighted by molar-refractivity contribution is 1.14. The van der Waals surface area contributed by atoms with Gasteiger partial charge in [-0.05, 0) is 52.4 Å². The van der Waals surface area contributed by atoms with E-state index in [-0.39, 0.29) is 5.37 Å². The van der Waals surface area contributed by atoms with E-state index in [1.165, 1.54) is 32.5 Å². The third-order valence-corrected chi connectivity index (χ3v) is 8.91. The molecule has 0 radical (unpaired) electrons. The van der Waals surface area contributed by atoms with E-state index in [4.69, 9.17) is 9.97 Å². The van der Waals surface area contributed by atoms with Gasteiger partial charge in [-0.15, -0.1) is 0 Å². The second kappa shape index (κ2) is 9.92. The zero-order chi connectivity index (χ0) is 27.2. The minimum absolute atomic E-state index is 0.215. The summed E-state index contributed by atoms with van der Waals surface area (Å²) in [7, 11) is 0. The summed E-state index contributed by atoms with van der Waals surface area (Å²) < 4.78 is 0. The van der Waals surface area contributed by atoms with Gasteiger partial charge in [-0.1, -0.05) is 121 Å². The minimum atomic E-state index is 0.215. The van der Waals surface area contributed by atoms with Gasteiger partial charge in [0.15, 0.2) is 0 Å². The summed E-state index contributed by atoms with van der Waals surface area (Å²) in [6.45, 7) is 0. The van der Waals surface area contributed by atoms with Crippen LogP contribution in [0.15, 0.2) is 144 Å². The lowest BCUT2D eigenvalue weighted by atomic mass is 9.96. The topological polar surface area (TPSA) is 37.8 Å². The van der Waals surface area contributed by atoms with Gasteiger partial charge in [0.1, 0.15) is 5.37 Å². The predicted molar refractivity (Wildman–Crippen MR) is 172 cm³/mol. The molecule has 0 fully saturated rings. The average molecular weight is 544 g/mol. The molecule has 7 aromatic rings. The molecule has 1 atom stereocenters. The SMILES string of the molecule is c1ccc(-c2nc3ccccc3nc2-c2cccc(-c3ccc4ccc5c(c4c3)NC(c3ccccc3)S5)c2)cc1. The van der Waals surface area contributed by atoms with Gasteiger partial charge in [0.25, 0.3) is 0 Å². The first-order valence-electron chi connectivity index (χ1n) is 13.8. The summed E-state index contributed by atoms with van der Waals surface area (Å²) in [5, 5.41) is 6.49. The summed E-state index contributed by atoms with van der Waals surface area (Å²) in [6, 6.07) is 49.0. The van der Waals surface area contributed by atoms with E-state index < -0.39 is 0 Å². The standard InChI is InChI=1S/C37H25N3S/c1-3-10-25(11-4-1)34-35(39-32-17-8-7-16-31(32)38-34)29-15-9-14-27(22-29)28-19-18-24-20-21-33-36(30(24)23-28)40-37(41-33)26-12-5-2-6-13-26/h1-23,37,40H. The van der Waals surface area contributed by atoms with Crippen molar-refractivity contribution < 1.29 is 0 Å². The lowest BCUT2D eigenvalue weighted by Gasteiger charge is -2.13. The van der Waals surface area contributed by atoms with Crippen LogP contribution in [0.4, 0.5) is 5.69 Å². The van der Waals surface area contributed by atoms with Gasteiger partial charge in [-0.25, -0.2) is 9.97 Å². The summed E-state index contributed by atoms with van der Waals surface area (Å²) in [6.07, 6.45) is 0. The number of hydrogen-bond donors (Lipinski definition) is 1. The van der Waals surface area contributed by atoms with Gasteiger partial charge in [0.05, 0.1) is 28.1 Å². The van der Waals surface area contributed by atoms with E-state index in [1.54, 1.807) is 0 Å². The number of para-hydroxylation sites is 2. The lowest BCUT2D eigenvalue weighted by Crippen LogP contribution is -2.00. The monoisotopic (exact) mass is 543 g/mol. The number of nitrogens with zero attached hydrogens (tertiary/aromatic N) is 2. The Morgan fingerprint density at radius 3 is 1.90 bits per heavy atom. The highest BCUT2D eigenvalue weighted by Gasteiger charge is 2.24. The summed E-state index contributed by atoms with van der Waals surface area (Å²) in [5.74, 6) is 0. The van der Waals surface area contributed by atoms with E-state index in [0.717, 1.165) is 39.1 Å². The molecule has 0 amide bonds. The number of thioether (sulfide) groups is 1. The van der Waals surface area contributed by atoms with Crippen molar-refractivity contribution in [3.05, 3.63) is 145 Å². The van der Waals surface area contributed by atoms with Crippen LogP contribution in [-0.2, 0) is 0 Å². The molecule has 194 valence electrons. The van der Waals surface area contributed by atoms with Crippen molar-refractivity contribution in [1.29, 1.82) is 0 Å². The minimum Gasteiger partial charge on any atom is -0.368 e. The fourth-order valence-electron chi connectivity index (χ4n) is 5.64. The van der Waals surface area contributed by atoms with Crippen LogP contribution in [0.1, 0.15) is 10.9 Å². The maximum absolute atomic E-state index is 5.12. The third kappa shape index (κ3) is 4.33. The molecule has 3 nitrogen and oxygen atoms in total. The first-order chi connectivity index (χ1) is 20.3. The molecule has 1 N–H and O–H groups in total. The van der Waals surface area contributed by atoms with Gasteiger partial charge in [0.2, 0.25) is 0 Å². The smallest absolute Gasteiger partial charge is 0.103 e. The Morgan fingerprint density at radius 2 is 1.12 bits per heavy atom. The van der Waals surface area contributed by atoms with Crippen LogP contribution >= 0.6 is 11.8 Å². The van der Waals surface area contributed by atoms with Gasteiger partial charge >= 0.3 is 0 Å². The molecule has 0 aliphatic carbocycles. The first-order valence-corrected chi connectivity index (χ1v) is 14.7. The molecule has 4 heteroatoms. The molecule has 41 heavy (non-hydrogen) atoms. The van der Waals surface area contributed by atoms with Crippen molar-refractivity contribution >= 4 is 39.3 Å². The molecule has 0 spiro atoms. The molecule has 2 heterocycles. The number of rotatable bonds is 4. The van der Waals surface area contributed by atoms with Crippen LogP contribution < -0.4 is 5.32 Å². The maximum Gasteiger partial charge on any atom is 0.103 e. The van der Waals surface area contributed by atoms with Crippen molar-refractivity contribution in [1.82, 2.24) is 9.97 Å². The van der Waals surface area contributed by atoms with Gasteiger partial charge in [-0.2, -0.15) is 0 Å². The van der Waals surface area contributed by atoms with Crippen molar-refractivity contribution in [3.8, 4) is 33.6 Å². The van der Waals surface area contributed by atoms with Crippen LogP contribution in [0, 0.1) is 0 Å². The van der Waals surface area contributed by atoms with E-state index in [0.29, 0.717) is 0 Å². The molecule has 6 aromatic carbocycles. The summed E-state index contributed by atoms with van der Waals surface area (Å²) in [5.41, 5.74) is 10.5. The van der Waals surface area contributed by atoms with Crippen LogP contribution in [0.3, 0.4) is 0 Å². The third-order valence-electron chi connectivity index (χ3n) is 7.69. The molecule has 8 rings (SSSR count). The molecule has 0 saturated heterocycles. The van der Waals surface area contributed by atoms with Crippen molar-refractivity contribution in [2.45, 2.75) is 10.3 Å². The molecule has 0 saturated carbocycles. The van der Waals surface area contributed by atoms with Crippen molar-refractivity contribution in [2.75, 3.05) is 5.32 Å². The van der Waals surface area contributed by atoms with Crippen LogP contribution in [0.25, 0.3) is 55.4 Å². The zero-order valence-electron chi connectivity index (χ0n) is 22.2. The Balaban J connectivity index is 1.23. The normalized spacial score (nSPS) is 14.2. The average Bonchev–Trinajstić information content (AvgIpc) is 3.50. The highest BCUT2D eigenvalue weighted by atomic mass is 32.2. The Kier molecular flexibility index (Phi) is 5.78. The number of aromatic nitrogens is 2. The predicted octanol–water partition coefficient (Wildman–Crippen LogP) is 10.0. The Labute approximate surface area is 242 Å². The highest BCUT2D eigenvalue weighted by Crippen LogP contribution is 2.49. The summed E-state index contributed by atoms with van der Waals surface area (Å²) in [4.78, 5) is 11.5. The van der Waals surface area contributed by atoms with Gasteiger partial charge in [-0.3, -0.25) is 0 Å². The Hall–Kier alpha value is -4.93. The van der Waals surface area contributed by atoms with E-state index >= 15 is 0 Å². The fraction of sp³-hybridized carbons (Fsp3) is 0.0270. The highest BCUT2D eigenvalue weighted by molar-refractivity contribution is 8.00. The second-order valence-corrected chi connectivity index (χ2v) is 11.4. The molecule has 1 unspecified atom stereocenters. The van der Waals surface area contributed by atoms with Gasteiger partial charge < -0.3 is 5.32 Å². The summed E-state index contributed by atoms with van der Waals surface area (Å²) >= 11 is 1.88. The Morgan fingerprint density at radius 1 is 0.512 bits per heavy atom. The van der Waals surface area contributed by atoms with E-state index in [9.17, 15) is 0 Å². The molecule has 1 aliphatic heterocycles. The number of anilines is 1. The number of nitrogens with one attached hydrogen (secondary N) is 1. The first kappa shape index (κ1) is 23.9. The van der Waals surface area contributed by atoms with Crippen molar-refractivity contribution in [3.63, 3.8) is 0 Å².